The second-order valence-electron chi connectivity index (χ2n) is 5.82. The van der Waals surface area contributed by atoms with Crippen LogP contribution < -0.4 is 10.2 Å². The summed E-state index contributed by atoms with van der Waals surface area (Å²) in [5, 5.41) is 12.6. The van der Waals surface area contributed by atoms with E-state index >= 15 is 0 Å². The molecular weight excluding hydrogens is 236 g/mol. The minimum Gasteiger partial charge on any atom is -0.396 e. The van der Waals surface area contributed by atoms with Crippen LogP contribution in [0.3, 0.4) is 0 Å². The third-order valence-electron chi connectivity index (χ3n) is 3.89. The molecule has 0 amide bonds. The van der Waals surface area contributed by atoms with E-state index in [0.29, 0.717) is 18.6 Å². The average molecular weight is 262 g/mol. The summed E-state index contributed by atoms with van der Waals surface area (Å²) in [7, 11) is 0. The quantitative estimate of drug-likeness (QED) is 0.855. The van der Waals surface area contributed by atoms with Gasteiger partial charge in [0.05, 0.1) is 0 Å². The molecule has 2 N–H and O–H groups in total. The van der Waals surface area contributed by atoms with Crippen LogP contribution in [0.25, 0.3) is 0 Å². The average Bonchev–Trinajstić information content (AvgIpc) is 2.46. The molecule has 3 nitrogen and oxygen atoms in total. The van der Waals surface area contributed by atoms with Crippen LogP contribution in [0.4, 0.5) is 5.69 Å². The Balaban J connectivity index is 1.88. The minimum atomic E-state index is 0.341. The van der Waals surface area contributed by atoms with Crippen molar-refractivity contribution in [1.29, 1.82) is 0 Å². The molecule has 2 rings (SSSR count). The van der Waals surface area contributed by atoms with Crippen molar-refractivity contribution in [2.75, 3.05) is 24.6 Å². The van der Waals surface area contributed by atoms with E-state index in [9.17, 15) is 0 Å². The maximum absolute atomic E-state index is 9.16. The first kappa shape index (κ1) is 14.4. The number of aliphatic hydroxyl groups is 1. The summed E-state index contributed by atoms with van der Waals surface area (Å²) in [5.41, 5.74) is 2.65. The monoisotopic (exact) mass is 262 g/mol. The number of hydrogen-bond acceptors (Lipinski definition) is 3. The van der Waals surface area contributed by atoms with Gasteiger partial charge < -0.3 is 15.3 Å². The number of benzene rings is 1. The molecule has 0 atom stereocenters. The fourth-order valence-corrected chi connectivity index (χ4v) is 2.52. The molecule has 1 heterocycles. The minimum absolute atomic E-state index is 0.341. The standard InChI is InChI=1S/C16H26N2O/c1-13(2)17-11-14-3-5-16(6-4-14)18-9-7-15(12-19)8-10-18/h3-6,13,15,17,19H,7-12H2,1-2H3. The number of piperidine rings is 1. The van der Waals surface area contributed by atoms with Gasteiger partial charge in [0.15, 0.2) is 0 Å². The van der Waals surface area contributed by atoms with Crippen molar-refractivity contribution in [3.8, 4) is 0 Å². The highest BCUT2D eigenvalue weighted by Gasteiger charge is 2.18. The van der Waals surface area contributed by atoms with Crippen LogP contribution in [0.1, 0.15) is 32.3 Å². The van der Waals surface area contributed by atoms with E-state index < -0.39 is 0 Å². The highest BCUT2D eigenvalue weighted by Crippen LogP contribution is 2.23. The van der Waals surface area contributed by atoms with Gasteiger partial charge in [-0.3, -0.25) is 0 Å². The van der Waals surface area contributed by atoms with Gasteiger partial charge in [-0.2, -0.15) is 0 Å². The van der Waals surface area contributed by atoms with E-state index in [2.05, 4.69) is 48.3 Å². The molecular formula is C16H26N2O. The Morgan fingerprint density at radius 1 is 1.21 bits per heavy atom. The zero-order valence-corrected chi connectivity index (χ0v) is 12.1. The van der Waals surface area contributed by atoms with Crippen LogP contribution in [0, 0.1) is 5.92 Å². The van der Waals surface area contributed by atoms with Crippen LogP contribution in [0.5, 0.6) is 0 Å². The van der Waals surface area contributed by atoms with Crippen molar-refractivity contribution in [3.63, 3.8) is 0 Å². The van der Waals surface area contributed by atoms with E-state index in [1.165, 1.54) is 11.3 Å². The SMILES string of the molecule is CC(C)NCc1ccc(N2CCC(CO)CC2)cc1. The molecule has 0 saturated carbocycles. The van der Waals surface area contributed by atoms with Gasteiger partial charge >= 0.3 is 0 Å². The van der Waals surface area contributed by atoms with Gasteiger partial charge in [-0.25, -0.2) is 0 Å². The highest BCUT2D eigenvalue weighted by molar-refractivity contribution is 5.47. The van der Waals surface area contributed by atoms with Crippen LogP contribution >= 0.6 is 0 Å². The van der Waals surface area contributed by atoms with Crippen LogP contribution in [0.15, 0.2) is 24.3 Å². The summed E-state index contributed by atoms with van der Waals surface area (Å²) in [5.74, 6) is 0.505. The zero-order chi connectivity index (χ0) is 13.7. The number of nitrogens with one attached hydrogen (secondary N) is 1. The Morgan fingerprint density at radius 2 is 1.84 bits per heavy atom. The first-order valence-corrected chi connectivity index (χ1v) is 7.37. The molecule has 1 aliphatic rings. The van der Waals surface area contributed by atoms with E-state index in [0.717, 1.165) is 32.5 Å². The summed E-state index contributed by atoms with van der Waals surface area (Å²) in [6.07, 6.45) is 2.21. The fourth-order valence-electron chi connectivity index (χ4n) is 2.52. The van der Waals surface area contributed by atoms with Crippen LogP contribution in [-0.2, 0) is 6.54 Å². The molecule has 0 aliphatic carbocycles. The number of aliphatic hydroxyl groups excluding tert-OH is 1. The maximum atomic E-state index is 9.16. The predicted molar refractivity (Wildman–Crippen MR) is 80.4 cm³/mol. The van der Waals surface area contributed by atoms with Gasteiger partial charge in [0.1, 0.15) is 0 Å². The molecule has 0 bridgehead atoms. The van der Waals surface area contributed by atoms with Crippen molar-refractivity contribution < 1.29 is 5.11 Å². The summed E-state index contributed by atoms with van der Waals surface area (Å²) >= 11 is 0. The molecule has 1 aromatic rings. The lowest BCUT2D eigenvalue weighted by atomic mass is 9.97. The largest absolute Gasteiger partial charge is 0.396 e. The van der Waals surface area contributed by atoms with E-state index in [1.807, 2.05) is 0 Å². The smallest absolute Gasteiger partial charge is 0.0460 e. The molecule has 1 fully saturated rings. The lowest BCUT2D eigenvalue weighted by Gasteiger charge is -2.33. The van der Waals surface area contributed by atoms with E-state index in [4.69, 9.17) is 5.11 Å². The van der Waals surface area contributed by atoms with Gasteiger partial charge in [0.25, 0.3) is 0 Å². The summed E-state index contributed by atoms with van der Waals surface area (Å²) in [4.78, 5) is 2.42. The molecule has 0 aromatic heterocycles. The molecule has 3 heteroatoms. The summed E-state index contributed by atoms with van der Waals surface area (Å²) < 4.78 is 0. The molecule has 0 radical (unpaired) electrons. The van der Waals surface area contributed by atoms with Crippen LogP contribution in [-0.4, -0.2) is 30.8 Å². The Hall–Kier alpha value is -1.06. The maximum Gasteiger partial charge on any atom is 0.0460 e. The van der Waals surface area contributed by atoms with Crippen molar-refractivity contribution in [2.45, 2.75) is 39.3 Å². The van der Waals surface area contributed by atoms with Crippen LogP contribution in [0.2, 0.25) is 0 Å². The first-order chi connectivity index (χ1) is 9.19. The van der Waals surface area contributed by atoms with Gasteiger partial charge in [0, 0.05) is 38.0 Å². The van der Waals surface area contributed by atoms with Crippen molar-refractivity contribution in [3.05, 3.63) is 29.8 Å². The molecule has 0 unspecified atom stereocenters. The molecule has 19 heavy (non-hydrogen) atoms. The number of nitrogens with zero attached hydrogens (tertiary/aromatic N) is 1. The van der Waals surface area contributed by atoms with Gasteiger partial charge in [-0.15, -0.1) is 0 Å². The Kier molecular flexibility index (Phi) is 5.23. The first-order valence-electron chi connectivity index (χ1n) is 7.37. The second-order valence-corrected chi connectivity index (χ2v) is 5.82. The Bertz CT molecular complexity index is 367. The summed E-state index contributed by atoms with van der Waals surface area (Å²) in [6, 6.07) is 9.39. The van der Waals surface area contributed by atoms with Gasteiger partial charge in [-0.05, 0) is 36.5 Å². The number of rotatable bonds is 5. The normalized spacial score (nSPS) is 17.2. The number of hydrogen-bond donors (Lipinski definition) is 2. The fraction of sp³-hybridized carbons (Fsp3) is 0.625. The topological polar surface area (TPSA) is 35.5 Å². The summed E-state index contributed by atoms with van der Waals surface area (Å²) in [6.45, 7) is 7.74. The van der Waals surface area contributed by atoms with Gasteiger partial charge in [0.2, 0.25) is 0 Å². The van der Waals surface area contributed by atoms with E-state index in [1.54, 1.807) is 0 Å². The zero-order valence-electron chi connectivity index (χ0n) is 12.1. The molecule has 1 saturated heterocycles. The molecule has 106 valence electrons. The lowest BCUT2D eigenvalue weighted by molar-refractivity contribution is 0.203. The molecule has 0 spiro atoms. The molecule has 1 aromatic carbocycles. The van der Waals surface area contributed by atoms with Crippen molar-refractivity contribution in [1.82, 2.24) is 5.32 Å². The Labute approximate surface area is 116 Å². The number of anilines is 1. The van der Waals surface area contributed by atoms with E-state index in [-0.39, 0.29) is 0 Å². The third-order valence-corrected chi connectivity index (χ3v) is 3.89. The van der Waals surface area contributed by atoms with Gasteiger partial charge in [-0.1, -0.05) is 26.0 Å². The second kappa shape index (κ2) is 6.92. The van der Waals surface area contributed by atoms with Crippen molar-refractivity contribution >= 4 is 5.69 Å². The third kappa shape index (κ3) is 4.22. The predicted octanol–water partition coefficient (Wildman–Crippen LogP) is 2.39. The molecule has 1 aliphatic heterocycles. The highest BCUT2D eigenvalue weighted by atomic mass is 16.3. The lowest BCUT2D eigenvalue weighted by Crippen LogP contribution is -2.34. The Morgan fingerprint density at radius 3 is 2.37 bits per heavy atom. The van der Waals surface area contributed by atoms with Crippen molar-refractivity contribution in [2.24, 2.45) is 5.92 Å².